The van der Waals surface area contributed by atoms with Crippen molar-refractivity contribution in [3.05, 3.63) is 70.8 Å². The Morgan fingerprint density at radius 3 is 2.38 bits per heavy atom. The van der Waals surface area contributed by atoms with Gasteiger partial charge in [0.15, 0.2) is 11.6 Å². The second-order valence-corrected chi connectivity index (χ2v) is 8.97. The molecule has 7 nitrogen and oxygen atoms in total. The molecule has 12 heteroatoms. The number of alkyl halides is 3. The molecule has 0 radical (unpaired) electrons. The SMILES string of the molecule is COc1cc2ncnc(Nc3cc(Cl)c(Oc4cccc(C(F)(F)F)c4F)cc3C(C)(C)O)c2cc1N. The number of aliphatic hydroxyl groups is 1. The molecule has 0 aliphatic heterocycles. The fraction of sp³-hybridized carbons (Fsp3) is 0.200. The number of ether oxygens (including phenoxy) is 2. The van der Waals surface area contributed by atoms with E-state index in [0.717, 1.165) is 12.1 Å². The van der Waals surface area contributed by atoms with Gasteiger partial charge in [-0.15, -0.1) is 0 Å². The van der Waals surface area contributed by atoms with Crippen molar-refractivity contribution in [3.8, 4) is 17.2 Å². The van der Waals surface area contributed by atoms with Gasteiger partial charge in [0.25, 0.3) is 0 Å². The number of nitrogens with zero attached hydrogens (tertiary/aromatic N) is 2. The minimum absolute atomic E-state index is 0.0631. The van der Waals surface area contributed by atoms with Crippen LogP contribution in [0, 0.1) is 5.82 Å². The van der Waals surface area contributed by atoms with Gasteiger partial charge in [-0.2, -0.15) is 13.2 Å². The minimum atomic E-state index is -4.91. The fourth-order valence-electron chi connectivity index (χ4n) is 3.67. The van der Waals surface area contributed by atoms with Gasteiger partial charge in [0.2, 0.25) is 0 Å². The van der Waals surface area contributed by atoms with E-state index in [1.807, 2.05) is 0 Å². The number of nitrogens with two attached hydrogens (primary N) is 1. The van der Waals surface area contributed by atoms with Crippen molar-refractivity contribution >= 4 is 39.7 Å². The van der Waals surface area contributed by atoms with Crippen molar-refractivity contribution < 1.29 is 32.1 Å². The summed E-state index contributed by atoms with van der Waals surface area (Å²) in [5.74, 6) is -1.66. The van der Waals surface area contributed by atoms with Crippen molar-refractivity contribution in [3.63, 3.8) is 0 Å². The highest BCUT2D eigenvalue weighted by Crippen LogP contribution is 2.42. The first-order valence-corrected chi connectivity index (χ1v) is 11.1. The van der Waals surface area contributed by atoms with Crippen LogP contribution in [0.5, 0.6) is 17.2 Å². The molecule has 0 bridgehead atoms. The lowest BCUT2D eigenvalue weighted by Crippen LogP contribution is -2.18. The van der Waals surface area contributed by atoms with Crippen LogP contribution in [0.25, 0.3) is 10.9 Å². The van der Waals surface area contributed by atoms with E-state index in [1.165, 1.54) is 39.4 Å². The number of hydrogen-bond donors (Lipinski definition) is 3. The molecule has 3 aromatic carbocycles. The predicted octanol–water partition coefficient (Wildman–Crippen LogP) is 6.80. The second-order valence-electron chi connectivity index (χ2n) is 8.56. The van der Waals surface area contributed by atoms with Crippen LogP contribution in [0.2, 0.25) is 5.02 Å². The molecule has 37 heavy (non-hydrogen) atoms. The summed E-state index contributed by atoms with van der Waals surface area (Å²) >= 11 is 6.37. The van der Waals surface area contributed by atoms with E-state index in [4.69, 9.17) is 26.8 Å². The van der Waals surface area contributed by atoms with Gasteiger partial charge in [-0.3, -0.25) is 0 Å². The molecule has 4 aromatic rings. The lowest BCUT2D eigenvalue weighted by Gasteiger charge is -2.24. The van der Waals surface area contributed by atoms with Crippen molar-refractivity contribution in [1.29, 1.82) is 0 Å². The number of anilines is 3. The summed E-state index contributed by atoms with van der Waals surface area (Å²) in [6.07, 6.45) is -3.59. The van der Waals surface area contributed by atoms with Crippen molar-refractivity contribution in [2.24, 2.45) is 0 Å². The molecule has 0 fully saturated rings. The summed E-state index contributed by atoms with van der Waals surface area (Å²) in [5, 5.41) is 14.4. The Bertz CT molecular complexity index is 1490. The Balaban J connectivity index is 1.78. The van der Waals surface area contributed by atoms with Gasteiger partial charge in [-0.05, 0) is 44.2 Å². The third-order valence-electron chi connectivity index (χ3n) is 5.46. The molecule has 0 aliphatic rings. The number of nitrogens with one attached hydrogen (secondary N) is 1. The van der Waals surface area contributed by atoms with Crippen LogP contribution in [0.15, 0.2) is 48.8 Å². The molecular weight excluding hydrogens is 516 g/mol. The number of benzene rings is 3. The predicted molar refractivity (Wildman–Crippen MR) is 132 cm³/mol. The Morgan fingerprint density at radius 1 is 1.00 bits per heavy atom. The van der Waals surface area contributed by atoms with E-state index in [9.17, 15) is 22.7 Å². The number of aromatic nitrogens is 2. The molecule has 0 aliphatic carbocycles. The molecule has 4 rings (SSSR count). The number of nitrogen functional groups attached to an aromatic ring is 1. The number of rotatable bonds is 6. The van der Waals surface area contributed by atoms with E-state index in [1.54, 1.807) is 12.1 Å². The first kappa shape index (κ1) is 26.2. The van der Waals surface area contributed by atoms with Gasteiger partial charge in [0.1, 0.15) is 23.6 Å². The molecule has 1 aromatic heterocycles. The Hall–Kier alpha value is -3.83. The Morgan fingerprint density at radius 2 is 1.73 bits per heavy atom. The van der Waals surface area contributed by atoms with Crippen LogP contribution in [-0.4, -0.2) is 22.2 Å². The van der Waals surface area contributed by atoms with E-state index >= 15 is 0 Å². The summed E-state index contributed by atoms with van der Waals surface area (Å²) in [4.78, 5) is 8.47. The van der Waals surface area contributed by atoms with Crippen LogP contribution in [0.3, 0.4) is 0 Å². The van der Waals surface area contributed by atoms with Gasteiger partial charge in [-0.1, -0.05) is 17.7 Å². The molecule has 194 valence electrons. The monoisotopic (exact) mass is 536 g/mol. The molecule has 1 heterocycles. The van der Waals surface area contributed by atoms with Gasteiger partial charge >= 0.3 is 6.18 Å². The lowest BCUT2D eigenvalue weighted by atomic mass is 9.96. The van der Waals surface area contributed by atoms with Crippen molar-refractivity contribution in [2.75, 3.05) is 18.2 Å². The zero-order valence-corrected chi connectivity index (χ0v) is 20.5. The minimum Gasteiger partial charge on any atom is -0.495 e. The van der Waals surface area contributed by atoms with Crippen LogP contribution in [-0.2, 0) is 11.8 Å². The summed E-state index contributed by atoms with van der Waals surface area (Å²) in [5.41, 5.74) is 4.50. The van der Waals surface area contributed by atoms with Crippen LogP contribution < -0.4 is 20.5 Å². The third-order valence-corrected chi connectivity index (χ3v) is 5.76. The molecule has 0 saturated heterocycles. The van der Waals surface area contributed by atoms with Crippen molar-refractivity contribution in [1.82, 2.24) is 9.97 Å². The fourth-order valence-corrected chi connectivity index (χ4v) is 3.88. The van der Waals surface area contributed by atoms with Crippen LogP contribution in [0.1, 0.15) is 25.0 Å². The average molecular weight is 537 g/mol. The second kappa shape index (κ2) is 9.56. The number of fused-ring (bicyclic) bond motifs is 1. The van der Waals surface area contributed by atoms with Gasteiger partial charge in [-0.25, -0.2) is 14.4 Å². The summed E-state index contributed by atoms with van der Waals surface area (Å²) in [6.45, 7) is 2.97. The first-order chi connectivity index (χ1) is 17.3. The normalized spacial score (nSPS) is 12.0. The van der Waals surface area contributed by atoms with Crippen LogP contribution >= 0.6 is 11.6 Å². The molecule has 0 amide bonds. The van der Waals surface area contributed by atoms with Crippen molar-refractivity contribution in [2.45, 2.75) is 25.6 Å². The third kappa shape index (κ3) is 5.32. The highest BCUT2D eigenvalue weighted by molar-refractivity contribution is 6.32. The summed E-state index contributed by atoms with van der Waals surface area (Å²) in [6, 6.07) is 8.62. The summed E-state index contributed by atoms with van der Waals surface area (Å²) < 4.78 is 64.5. The molecule has 0 spiro atoms. The van der Waals surface area contributed by atoms with Gasteiger partial charge in [0.05, 0.1) is 34.5 Å². The first-order valence-electron chi connectivity index (χ1n) is 10.7. The summed E-state index contributed by atoms with van der Waals surface area (Å²) in [7, 11) is 1.48. The van der Waals surface area contributed by atoms with E-state index < -0.39 is 28.9 Å². The maximum atomic E-state index is 14.5. The largest absolute Gasteiger partial charge is 0.495 e. The number of hydrogen-bond acceptors (Lipinski definition) is 7. The molecule has 0 saturated carbocycles. The average Bonchev–Trinajstić information content (AvgIpc) is 2.80. The molecular formula is C25H21ClF4N4O3. The smallest absolute Gasteiger partial charge is 0.419 e. The maximum Gasteiger partial charge on any atom is 0.419 e. The van der Waals surface area contributed by atoms with Gasteiger partial charge in [0, 0.05) is 22.7 Å². The van der Waals surface area contributed by atoms with Crippen LogP contribution in [0.4, 0.5) is 34.8 Å². The van der Waals surface area contributed by atoms with E-state index in [-0.39, 0.29) is 16.3 Å². The zero-order chi connectivity index (χ0) is 27.1. The maximum absolute atomic E-state index is 14.5. The van der Waals surface area contributed by atoms with Gasteiger partial charge < -0.3 is 25.6 Å². The molecule has 0 unspecified atom stereocenters. The molecule has 0 atom stereocenters. The lowest BCUT2D eigenvalue weighted by molar-refractivity contribution is -0.140. The standard InChI is InChI=1S/C25H21ClF4N4O3/c1-24(2,35)14-8-20(37-19-6-4-5-13(22(19)27)25(28,29)30)15(26)9-18(14)34-23-12-7-16(31)21(36-3)10-17(12)32-11-33-23/h4-11,35H,31H2,1-3H3,(H,32,33,34). The highest BCUT2D eigenvalue weighted by atomic mass is 35.5. The Kier molecular flexibility index (Phi) is 6.78. The number of halogens is 5. The Labute approximate surface area is 213 Å². The molecule has 4 N–H and O–H groups in total. The van der Waals surface area contributed by atoms with E-state index in [2.05, 4.69) is 15.3 Å². The zero-order valence-electron chi connectivity index (χ0n) is 19.7. The number of methoxy groups -OCH3 is 1. The van der Waals surface area contributed by atoms with E-state index in [0.29, 0.717) is 39.9 Å². The highest BCUT2D eigenvalue weighted by Gasteiger charge is 2.35. The quantitative estimate of drug-likeness (QED) is 0.184. The topological polar surface area (TPSA) is 103 Å².